The van der Waals surface area contributed by atoms with E-state index < -0.39 is 5.97 Å². The predicted molar refractivity (Wildman–Crippen MR) is 102 cm³/mol. The summed E-state index contributed by atoms with van der Waals surface area (Å²) in [4.78, 5) is 12.7. The normalized spacial score (nSPS) is 10.1. The minimum Gasteiger partial charge on any atom is -0.496 e. The van der Waals surface area contributed by atoms with Crippen LogP contribution in [0.5, 0.6) is 11.5 Å². The van der Waals surface area contributed by atoms with Gasteiger partial charge in [0, 0.05) is 17.2 Å². The number of aromatic nitrogens is 1. The Labute approximate surface area is 154 Å². The molecular formula is C19H27NO4S. The second kappa shape index (κ2) is 9.42. The molecule has 0 unspecified atom stereocenters. The van der Waals surface area contributed by atoms with Crippen molar-refractivity contribution < 1.29 is 19.0 Å². The Hall–Kier alpha value is -2.08. The maximum atomic E-state index is 11.8. The zero-order valence-corrected chi connectivity index (χ0v) is 17.0. The number of ether oxygens (including phenoxy) is 3. The molecule has 1 aromatic carbocycles. The number of hydrogen-bond acceptors (Lipinski definition) is 6. The van der Waals surface area contributed by atoms with Gasteiger partial charge in [-0.05, 0) is 36.0 Å². The lowest BCUT2D eigenvalue weighted by atomic mass is 9.97. The van der Waals surface area contributed by atoms with Crippen LogP contribution in [-0.4, -0.2) is 31.7 Å². The highest BCUT2D eigenvalue weighted by Gasteiger charge is 2.22. The van der Waals surface area contributed by atoms with Gasteiger partial charge < -0.3 is 14.2 Å². The van der Waals surface area contributed by atoms with E-state index in [0.29, 0.717) is 17.4 Å². The van der Waals surface area contributed by atoms with Crippen LogP contribution in [-0.2, 0) is 4.74 Å². The highest BCUT2D eigenvalue weighted by Crippen LogP contribution is 2.42. The van der Waals surface area contributed by atoms with E-state index in [4.69, 9.17) is 14.2 Å². The average Bonchev–Trinajstić information content (AvgIpc) is 3.02. The third-order valence-corrected chi connectivity index (χ3v) is 4.70. The summed E-state index contributed by atoms with van der Waals surface area (Å²) in [5.74, 6) is 1.34. The maximum Gasteiger partial charge on any atom is 0.358 e. The topological polar surface area (TPSA) is 57.7 Å². The van der Waals surface area contributed by atoms with E-state index in [2.05, 4.69) is 18.2 Å². The van der Waals surface area contributed by atoms with Gasteiger partial charge in [0.05, 0.1) is 26.2 Å². The van der Waals surface area contributed by atoms with Crippen LogP contribution in [0.15, 0.2) is 12.1 Å². The highest BCUT2D eigenvalue weighted by atomic mass is 32.1. The van der Waals surface area contributed by atoms with Crippen LogP contribution in [0.3, 0.4) is 0 Å². The molecule has 2 rings (SSSR count). The second-order valence-corrected chi connectivity index (χ2v) is 6.20. The van der Waals surface area contributed by atoms with Gasteiger partial charge in [0.1, 0.15) is 11.5 Å². The van der Waals surface area contributed by atoms with Gasteiger partial charge in [0.15, 0.2) is 5.69 Å². The largest absolute Gasteiger partial charge is 0.496 e. The summed E-state index contributed by atoms with van der Waals surface area (Å²) in [5, 5.41) is 0. The molecule has 0 aliphatic carbocycles. The van der Waals surface area contributed by atoms with Crippen molar-refractivity contribution in [3.63, 3.8) is 0 Å². The molecule has 138 valence electrons. The summed E-state index contributed by atoms with van der Waals surface area (Å²) in [7, 11) is 4.62. The lowest BCUT2D eigenvalue weighted by Crippen LogP contribution is -2.03. The molecule has 2 aromatic rings. The Morgan fingerprint density at radius 3 is 2.16 bits per heavy atom. The van der Waals surface area contributed by atoms with Crippen LogP contribution in [0.2, 0.25) is 0 Å². The molecule has 0 aliphatic heterocycles. The van der Waals surface area contributed by atoms with Gasteiger partial charge in [-0.15, -0.1) is 0 Å². The number of carbonyl (C=O) groups is 1. The number of rotatable bonds is 5. The molecule has 0 aliphatic rings. The van der Waals surface area contributed by atoms with Crippen molar-refractivity contribution in [1.82, 2.24) is 4.37 Å². The number of hydrogen-bond donors (Lipinski definition) is 0. The van der Waals surface area contributed by atoms with Gasteiger partial charge in [-0.3, -0.25) is 0 Å². The first-order chi connectivity index (χ1) is 11.9. The average molecular weight is 365 g/mol. The van der Waals surface area contributed by atoms with Gasteiger partial charge in [0.25, 0.3) is 0 Å². The van der Waals surface area contributed by atoms with Crippen LogP contribution in [0.25, 0.3) is 10.4 Å². The van der Waals surface area contributed by atoms with Gasteiger partial charge in [-0.1, -0.05) is 27.7 Å². The van der Waals surface area contributed by atoms with Gasteiger partial charge >= 0.3 is 5.97 Å². The number of methoxy groups -OCH3 is 3. The van der Waals surface area contributed by atoms with Gasteiger partial charge in [-0.2, -0.15) is 4.37 Å². The van der Waals surface area contributed by atoms with Crippen LogP contribution in [0.1, 0.15) is 55.2 Å². The SMILES string of the molecule is CC.COC(=O)c1nsc(-c2cc(C(C)C)c(OC)cc2OC)c1C. The van der Waals surface area contributed by atoms with E-state index in [0.717, 1.165) is 27.3 Å². The van der Waals surface area contributed by atoms with E-state index in [9.17, 15) is 4.79 Å². The quantitative estimate of drug-likeness (QED) is 0.692. The molecule has 1 aromatic heterocycles. The van der Waals surface area contributed by atoms with E-state index in [-0.39, 0.29) is 0 Å². The fourth-order valence-electron chi connectivity index (χ4n) is 2.43. The smallest absolute Gasteiger partial charge is 0.358 e. The van der Waals surface area contributed by atoms with E-state index in [1.807, 2.05) is 32.9 Å². The molecule has 5 nitrogen and oxygen atoms in total. The lowest BCUT2D eigenvalue weighted by Gasteiger charge is -2.16. The summed E-state index contributed by atoms with van der Waals surface area (Å²) in [5.41, 5.74) is 3.12. The van der Waals surface area contributed by atoms with Crippen molar-refractivity contribution in [2.75, 3.05) is 21.3 Å². The summed E-state index contributed by atoms with van der Waals surface area (Å²) in [6.45, 7) is 10.1. The van der Waals surface area contributed by atoms with Crippen molar-refractivity contribution in [2.45, 2.75) is 40.5 Å². The first kappa shape index (κ1) is 21.0. The number of benzene rings is 1. The molecular weight excluding hydrogens is 338 g/mol. The second-order valence-electron chi connectivity index (χ2n) is 5.43. The maximum absolute atomic E-state index is 11.8. The molecule has 25 heavy (non-hydrogen) atoms. The molecule has 6 heteroatoms. The van der Waals surface area contributed by atoms with Gasteiger partial charge in [0.2, 0.25) is 0 Å². The zero-order valence-electron chi connectivity index (χ0n) is 16.2. The molecule has 1 heterocycles. The van der Waals surface area contributed by atoms with Crippen LogP contribution in [0, 0.1) is 6.92 Å². The van der Waals surface area contributed by atoms with E-state index in [1.165, 1.54) is 18.6 Å². The number of carbonyl (C=O) groups excluding carboxylic acids is 1. The summed E-state index contributed by atoms with van der Waals surface area (Å²) in [6.07, 6.45) is 0. The van der Waals surface area contributed by atoms with Crippen LogP contribution in [0.4, 0.5) is 0 Å². The van der Waals surface area contributed by atoms with Crippen LogP contribution < -0.4 is 9.47 Å². The van der Waals surface area contributed by atoms with Gasteiger partial charge in [-0.25, -0.2) is 4.79 Å². The molecule has 0 spiro atoms. The molecule has 0 fully saturated rings. The van der Waals surface area contributed by atoms with Crippen LogP contribution >= 0.6 is 11.5 Å². The number of nitrogens with zero attached hydrogens (tertiary/aromatic N) is 1. The Morgan fingerprint density at radius 1 is 1.08 bits per heavy atom. The first-order valence-corrected chi connectivity index (χ1v) is 9.02. The summed E-state index contributed by atoms with van der Waals surface area (Å²) in [6, 6.07) is 3.92. The standard InChI is InChI=1S/C17H21NO4S.C2H6/c1-9(2)11-7-12(14(21-5)8-13(11)20-4)16-10(3)15(18-23-16)17(19)22-6;1-2/h7-9H,1-6H3;1-2H3. The lowest BCUT2D eigenvalue weighted by molar-refractivity contribution is 0.0594. The molecule has 0 saturated carbocycles. The molecule has 0 bridgehead atoms. The van der Waals surface area contributed by atoms with E-state index in [1.54, 1.807) is 14.2 Å². The van der Waals surface area contributed by atoms with Crippen molar-refractivity contribution in [3.05, 3.63) is 29.0 Å². The molecule has 0 saturated heterocycles. The summed E-state index contributed by atoms with van der Waals surface area (Å²) < 4.78 is 20.0. The Kier molecular flexibility index (Phi) is 7.90. The summed E-state index contributed by atoms with van der Waals surface area (Å²) >= 11 is 1.26. The first-order valence-electron chi connectivity index (χ1n) is 8.25. The van der Waals surface area contributed by atoms with Crippen molar-refractivity contribution in [2.24, 2.45) is 0 Å². The van der Waals surface area contributed by atoms with E-state index >= 15 is 0 Å². The molecule has 0 amide bonds. The fraction of sp³-hybridized carbons (Fsp3) is 0.474. The number of esters is 1. The third-order valence-electron chi connectivity index (χ3n) is 3.72. The molecule has 0 N–H and O–H groups in total. The predicted octanol–water partition coefficient (Wildman–Crippen LogP) is 5.07. The Balaban J connectivity index is 0.00000151. The van der Waals surface area contributed by atoms with Crippen molar-refractivity contribution in [3.8, 4) is 21.9 Å². The Morgan fingerprint density at radius 2 is 1.68 bits per heavy atom. The fourth-order valence-corrected chi connectivity index (χ4v) is 3.31. The Bertz CT molecular complexity index is 722. The third kappa shape index (κ3) is 4.31. The van der Waals surface area contributed by atoms with Crippen molar-refractivity contribution in [1.29, 1.82) is 0 Å². The minimum absolute atomic E-state index is 0.294. The molecule has 0 atom stereocenters. The molecule has 0 radical (unpaired) electrons. The minimum atomic E-state index is -0.429. The van der Waals surface area contributed by atoms with Crippen molar-refractivity contribution >= 4 is 17.5 Å². The monoisotopic (exact) mass is 365 g/mol. The zero-order chi connectivity index (χ0) is 19.1. The highest BCUT2D eigenvalue weighted by molar-refractivity contribution is 7.10.